The second-order valence-corrected chi connectivity index (χ2v) is 7.81. The van der Waals surface area contributed by atoms with Gasteiger partial charge in [-0.1, -0.05) is 20.3 Å². The first-order chi connectivity index (χ1) is 9.32. The fourth-order valence-electron chi connectivity index (χ4n) is 2.74. The maximum Gasteiger partial charge on any atom is 0.241 e. The van der Waals surface area contributed by atoms with Crippen LogP contribution in [0.2, 0.25) is 0 Å². The Morgan fingerprint density at radius 3 is 2.85 bits per heavy atom. The first-order valence-electron chi connectivity index (χ1n) is 6.77. The van der Waals surface area contributed by atoms with Gasteiger partial charge in [0.25, 0.3) is 0 Å². The number of nitrogens with two attached hydrogens (primary N) is 1. The highest BCUT2D eigenvalue weighted by Gasteiger charge is 2.30. The van der Waals surface area contributed by atoms with Crippen molar-refractivity contribution in [1.29, 1.82) is 0 Å². The second kappa shape index (κ2) is 5.67. The molecule has 1 atom stereocenters. The van der Waals surface area contributed by atoms with Crippen molar-refractivity contribution in [2.24, 2.45) is 11.3 Å². The second-order valence-electron chi connectivity index (χ2n) is 6.10. The fourth-order valence-corrected chi connectivity index (χ4v) is 4.03. The molecule has 1 fully saturated rings. The number of nitrogen functional groups attached to an aromatic ring is 1. The Bertz CT molecular complexity index is 571. The summed E-state index contributed by atoms with van der Waals surface area (Å²) in [5.41, 5.74) is 2.54. The van der Waals surface area contributed by atoms with Crippen LogP contribution in [0.15, 0.2) is 23.2 Å². The van der Waals surface area contributed by atoms with Gasteiger partial charge < -0.3 is 5.43 Å². The number of rotatable bonds is 4. The molecular formula is C13H22N4O2S. The largest absolute Gasteiger partial charge is 0.308 e. The number of hydrazine groups is 1. The minimum Gasteiger partial charge on any atom is -0.308 e. The molecule has 112 valence electrons. The summed E-state index contributed by atoms with van der Waals surface area (Å²) >= 11 is 0. The molecule has 0 aromatic carbocycles. The van der Waals surface area contributed by atoms with E-state index in [9.17, 15) is 8.42 Å². The van der Waals surface area contributed by atoms with Crippen molar-refractivity contribution >= 4 is 15.8 Å². The standard InChI is InChI=1S/C13H22N4O2S/c1-13(2)6-3-4-10(9-13)17-20(18,19)11-5-7-15-12(8-11)16-14/h5,7-8,10,17H,3-4,6,9,14H2,1-2H3,(H,15,16). The molecule has 1 heterocycles. The molecule has 0 amide bonds. The first kappa shape index (κ1) is 15.2. The molecule has 1 saturated carbocycles. The van der Waals surface area contributed by atoms with E-state index in [-0.39, 0.29) is 16.4 Å². The summed E-state index contributed by atoms with van der Waals surface area (Å²) < 4.78 is 27.5. The number of sulfonamides is 1. The van der Waals surface area contributed by atoms with E-state index < -0.39 is 10.0 Å². The van der Waals surface area contributed by atoms with Crippen LogP contribution in [-0.4, -0.2) is 19.4 Å². The van der Waals surface area contributed by atoms with Gasteiger partial charge in [-0.05, 0) is 30.7 Å². The minimum atomic E-state index is -3.53. The number of nitrogens with one attached hydrogen (secondary N) is 2. The Hall–Kier alpha value is -1.18. The van der Waals surface area contributed by atoms with Gasteiger partial charge in [-0.3, -0.25) is 0 Å². The van der Waals surface area contributed by atoms with Crippen LogP contribution in [0, 0.1) is 5.41 Å². The van der Waals surface area contributed by atoms with Gasteiger partial charge >= 0.3 is 0 Å². The Balaban J connectivity index is 2.14. The lowest BCUT2D eigenvalue weighted by atomic mass is 9.75. The van der Waals surface area contributed by atoms with Crippen molar-refractivity contribution in [3.63, 3.8) is 0 Å². The number of anilines is 1. The van der Waals surface area contributed by atoms with Gasteiger partial charge in [0.2, 0.25) is 10.0 Å². The SMILES string of the molecule is CC1(C)CCCC(NS(=O)(=O)c2ccnc(NN)c2)C1. The zero-order valence-corrected chi connectivity index (χ0v) is 12.7. The summed E-state index contributed by atoms with van der Waals surface area (Å²) in [7, 11) is -3.53. The van der Waals surface area contributed by atoms with Crippen LogP contribution in [0.5, 0.6) is 0 Å². The van der Waals surface area contributed by atoms with Gasteiger partial charge in [-0.25, -0.2) is 24.0 Å². The maximum absolute atomic E-state index is 12.4. The van der Waals surface area contributed by atoms with E-state index in [1.807, 2.05) is 0 Å². The van der Waals surface area contributed by atoms with E-state index in [1.54, 1.807) is 0 Å². The van der Waals surface area contributed by atoms with Crippen LogP contribution >= 0.6 is 0 Å². The van der Waals surface area contributed by atoms with E-state index in [2.05, 4.69) is 29.0 Å². The van der Waals surface area contributed by atoms with Crippen LogP contribution in [-0.2, 0) is 10.0 Å². The molecule has 1 unspecified atom stereocenters. The van der Waals surface area contributed by atoms with Gasteiger partial charge in [0, 0.05) is 18.3 Å². The Morgan fingerprint density at radius 2 is 2.20 bits per heavy atom. The van der Waals surface area contributed by atoms with Crippen LogP contribution in [0.3, 0.4) is 0 Å². The highest BCUT2D eigenvalue weighted by Crippen LogP contribution is 2.35. The summed E-state index contributed by atoms with van der Waals surface area (Å²) in [6.07, 6.45) is 5.36. The highest BCUT2D eigenvalue weighted by molar-refractivity contribution is 7.89. The van der Waals surface area contributed by atoms with Crippen LogP contribution in [0.1, 0.15) is 39.5 Å². The van der Waals surface area contributed by atoms with Gasteiger partial charge in [0.05, 0.1) is 4.90 Å². The zero-order chi connectivity index (χ0) is 14.8. The number of pyridine rings is 1. The molecule has 7 heteroatoms. The van der Waals surface area contributed by atoms with Gasteiger partial charge in [-0.2, -0.15) is 0 Å². The molecule has 6 nitrogen and oxygen atoms in total. The van der Waals surface area contributed by atoms with Crippen molar-refractivity contribution in [2.45, 2.75) is 50.5 Å². The third-order valence-electron chi connectivity index (χ3n) is 3.72. The zero-order valence-electron chi connectivity index (χ0n) is 11.9. The summed E-state index contributed by atoms with van der Waals surface area (Å²) in [6.45, 7) is 4.35. The van der Waals surface area contributed by atoms with E-state index in [0.29, 0.717) is 5.82 Å². The third-order valence-corrected chi connectivity index (χ3v) is 5.23. The lowest BCUT2D eigenvalue weighted by molar-refractivity contribution is 0.212. The normalized spacial score (nSPS) is 22.4. The number of nitrogens with zero attached hydrogens (tertiary/aromatic N) is 1. The van der Waals surface area contributed by atoms with Gasteiger partial charge in [0.15, 0.2) is 0 Å². The first-order valence-corrected chi connectivity index (χ1v) is 8.26. The van der Waals surface area contributed by atoms with Crippen molar-refractivity contribution in [1.82, 2.24) is 9.71 Å². The molecule has 0 saturated heterocycles. The smallest absolute Gasteiger partial charge is 0.241 e. The molecule has 0 spiro atoms. The molecule has 4 N–H and O–H groups in total. The van der Waals surface area contributed by atoms with Crippen LogP contribution in [0.4, 0.5) is 5.82 Å². The van der Waals surface area contributed by atoms with Crippen molar-refractivity contribution < 1.29 is 8.42 Å². The van der Waals surface area contributed by atoms with E-state index in [1.165, 1.54) is 18.3 Å². The molecule has 0 aliphatic heterocycles. The van der Waals surface area contributed by atoms with Crippen LogP contribution < -0.4 is 16.0 Å². The Kier molecular flexibility index (Phi) is 4.31. The maximum atomic E-state index is 12.4. The number of hydrogen-bond donors (Lipinski definition) is 3. The molecule has 0 radical (unpaired) electrons. The van der Waals surface area contributed by atoms with Crippen LogP contribution in [0.25, 0.3) is 0 Å². The lowest BCUT2D eigenvalue weighted by Gasteiger charge is -2.35. The highest BCUT2D eigenvalue weighted by atomic mass is 32.2. The predicted octanol–water partition coefficient (Wildman–Crippen LogP) is 1.61. The van der Waals surface area contributed by atoms with Crippen molar-refractivity contribution in [3.8, 4) is 0 Å². The molecule has 2 rings (SSSR count). The molecule has 1 aliphatic carbocycles. The van der Waals surface area contributed by atoms with E-state index in [4.69, 9.17) is 5.84 Å². The fraction of sp³-hybridized carbons (Fsp3) is 0.615. The Labute approximate surface area is 120 Å². The topological polar surface area (TPSA) is 97.1 Å². The molecule has 20 heavy (non-hydrogen) atoms. The van der Waals surface area contributed by atoms with E-state index in [0.717, 1.165) is 25.7 Å². The van der Waals surface area contributed by atoms with Crippen molar-refractivity contribution in [3.05, 3.63) is 18.3 Å². The van der Waals surface area contributed by atoms with Gasteiger partial charge in [-0.15, -0.1) is 0 Å². The molecular weight excluding hydrogens is 276 g/mol. The van der Waals surface area contributed by atoms with E-state index >= 15 is 0 Å². The third kappa shape index (κ3) is 3.68. The average Bonchev–Trinajstić information content (AvgIpc) is 2.37. The molecule has 0 bridgehead atoms. The minimum absolute atomic E-state index is 0.00815. The monoisotopic (exact) mass is 298 g/mol. The lowest BCUT2D eigenvalue weighted by Crippen LogP contribution is -2.40. The predicted molar refractivity (Wildman–Crippen MR) is 78.4 cm³/mol. The molecule has 1 aromatic heterocycles. The Morgan fingerprint density at radius 1 is 1.45 bits per heavy atom. The summed E-state index contributed by atoms with van der Waals surface area (Å²) in [6, 6.07) is 2.89. The van der Waals surface area contributed by atoms with Gasteiger partial charge in [0.1, 0.15) is 5.82 Å². The average molecular weight is 298 g/mol. The summed E-state index contributed by atoms with van der Waals surface area (Å²) in [5, 5.41) is 0. The number of aromatic nitrogens is 1. The molecule has 1 aromatic rings. The van der Waals surface area contributed by atoms with Crippen molar-refractivity contribution in [2.75, 3.05) is 5.43 Å². The number of hydrogen-bond acceptors (Lipinski definition) is 5. The summed E-state index contributed by atoms with van der Waals surface area (Å²) in [5.74, 6) is 5.58. The summed E-state index contributed by atoms with van der Waals surface area (Å²) in [4.78, 5) is 4.10. The quantitative estimate of drug-likeness (QED) is 0.579. The molecule has 1 aliphatic rings.